The lowest BCUT2D eigenvalue weighted by Gasteiger charge is -2.05. The number of aryl methyl sites for hydroxylation is 1. The smallest absolute Gasteiger partial charge is 0.304 e. The van der Waals surface area contributed by atoms with Gasteiger partial charge in [0.1, 0.15) is 0 Å². The second kappa shape index (κ2) is 2.46. The molecule has 1 heterocycles. The predicted molar refractivity (Wildman–Crippen MR) is 45.1 cm³/mol. The molecule has 1 aromatic rings. The molecule has 0 radical (unpaired) electrons. The van der Waals surface area contributed by atoms with E-state index in [9.17, 15) is 4.79 Å². The molecule has 0 saturated heterocycles. The van der Waals surface area contributed by atoms with Gasteiger partial charge in [-0.25, -0.2) is 0 Å². The molecule has 1 aliphatic carbocycles. The third-order valence-corrected chi connectivity index (χ3v) is 3.07. The van der Waals surface area contributed by atoms with Gasteiger partial charge in [-0.15, -0.1) is 0 Å². The van der Waals surface area contributed by atoms with Crippen LogP contribution in [0.4, 0.5) is 0 Å². The summed E-state index contributed by atoms with van der Waals surface area (Å²) in [7, 11) is 1.93. The van der Waals surface area contributed by atoms with Crippen molar-refractivity contribution in [3.63, 3.8) is 0 Å². The van der Waals surface area contributed by atoms with Crippen LogP contribution in [0.2, 0.25) is 0 Å². The average molecular weight is 170 g/mol. The van der Waals surface area contributed by atoms with Crippen LogP contribution in [0, 0.1) is 0 Å². The Labute approximate surface area is 68.5 Å². The third-order valence-electron chi connectivity index (χ3n) is 2.11. The molecule has 4 heteroatoms. The van der Waals surface area contributed by atoms with Crippen molar-refractivity contribution in [2.24, 2.45) is 0 Å². The minimum Gasteiger partial charge on any atom is -0.315 e. The monoisotopic (exact) mass is 170 g/mol. The fourth-order valence-electron chi connectivity index (χ4n) is 1.55. The molecule has 0 saturated carbocycles. The fraction of sp³-hybridized carbons (Fsp3) is 0.571. The topological polar surface area (TPSA) is 44.9 Å². The molecule has 0 bridgehead atoms. The van der Waals surface area contributed by atoms with Crippen LogP contribution in [0.25, 0.3) is 0 Å². The highest BCUT2D eigenvalue weighted by molar-refractivity contribution is 7.09. The molecule has 1 unspecified atom stereocenters. The zero-order valence-corrected chi connectivity index (χ0v) is 7.12. The number of rotatable bonds is 1. The first-order chi connectivity index (χ1) is 5.31. The Bertz CT molecular complexity index is 314. The van der Waals surface area contributed by atoms with Crippen molar-refractivity contribution in [2.75, 3.05) is 7.05 Å². The van der Waals surface area contributed by atoms with Gasteiger partial charge in [0.05, 0.1) is 0 Å². The van der Waals surface area contributed by atoms with E-state index >= 15 is 0 Å². The average Bonchev–Trinajstić information content (AvgIpc) is 2.45. The number of aromatic nitrogens is 1. The van der Waals surface area contributed by atoms with E-state index in [-0.39, 0.29) is 4.87 Å². The minimum absolute atomic E-state index is 0.0787. The largest absolute Gasteiger partial charge is 0.315 e. The van der Waals surface area contributed by atoms with E-state index in [2.05, 4.69) is 10.3 Å². The standard InChI is InChI=1S/C7H10N2OS/c1-8-4-2-3-5-6(4)9-7(10)11-5/h4,8H,2-3H2,1H3,(H,9,10). The lowest BCUT2D eigenvalue weighted by atomic mass is 10.2. The third kappa shape index (κ3) is 1.02. The molecule has 11 heavy (non-hydrogen) atoms. The molecule has 0 fully saturated rings. The highest BCUT2D eigenvalue weighted by atomic mass is 32.1. The van der Waals surface area contributed by atoms with Crippen molar-refractivity contribution in [1.29, 1.82) is 0 Å². The van der Waals surface area contributed by atoms with Crippen LogP contribution < -0.4 is 10.2 Å². The SMILES string of the molecule is CNC1CCc2sc(=O)[nH]c21. The van der Waals surface area contributed by atoms with Gasteiger partial charge in [-0.2, -0.15) is 0 Å². The molecule has 3 nitrogen and oxygen atoms in total. The molecule has 1 atom stereocenters. The molecular weight excluding hydrogens is 160 g/mol. The number of thiazole rings is 1. The van der Waals surface area contributed by atoms with Gasteiger partial charge in [0.2, 0.25) is 0 Å². The van der Waals surface area contributed by atoms with Crippen molar-refractivity contribution in [2.45, 2.75) is 18.9 Å². The molecule has 60 valence electrons. The lowest BCUT2D eigenvalue weighted by Crippen LogP contribution is -2.14. The molecule has 1 aromatic heterocycles. The number of fused-ring (bicyclic) bond motifs is 1. The zero-order chi connectivity index (χ0) is 7.84. The Kier molecular flexibility index (Phi) is 1.58. The summed E-state index contributed by atoms with van der Waals surface area (Å²) in [6.07, 6.45) is 2.17. The first-order valence-electron chi connectivity index (χ1n) is 3.70. The van der Waals surface area contributed by atoms with E-state index in [1.807, 2.05) is 7.05 Å². The maximum atomic E-state index is 10.9. The van der Waals surface area contributed by atoms with Crippen LogP contribution in [0.15, 0.2) is 4.79 Å². The van der Waals surface area contributed by atoms with Gasteiger partial charge in [0.15, 0.2) is 0 Å². The summed E-state index contributed by atoms with van der Waals surface area (Å²) in [6, 6.07) is 0.379. The van der Waals surface area contributed by atoms with Crippen molar-refractivity contribution < 1.29 is 0 Å². The lowest BCUT2D eigenvalue weighted by molar-refractivity contribution is 0.578. The highest BCUT2D eigenvalue weighted by Crippen LogP contribution is 2.30. The summed E-state index contributed by atoms with van der Waals surface area (Å²) in [4.78, 5) is 15.1. The van der Waals surface area contributed by atoms with Crippen LogP contribution in [0.3, 0.4) is 0 Å². The fourth-order valence-corrected chi connectivity index (χ4v) is 2.46. The van der Waals surface area contributed by atoms with E-state index in [4.69, 9.17) is 0 Å². The molecule has 0 amide bonds. The first-order valence-corrected chi connectivity index (χ1v) is 4.52. The van der Waals surface area contributed by atoms with Crippen molar-refractivity contribution in [3.05, 3.63) is 20.2 Å². The number of hydrogen-bond donors (Lipinski definition) is 2. The summed E-state index contributed by atoms with van der Waals surface area (Å²) in [6.45, 7) is 0. The number of H-pyrrole nitrogens is 1. The Morgan fingerprint density at radius 3 is 3.27 bits per heavy atom. The predicted octanol–water partition coefficient (Wildman–Crippen LogP) is 0.643. The van der Waals surface area contributed by atoms with Gasteiger partial charge in [-0.05, 0) is 19.9 Å². The van der Waals surface area contributed by atoms with E-state index in [1.165, 1.54) is 16.2 Å². The van der Waals surface area contributed by atoms with Gasteiger partial charge in [-0.1, -0.05) is 11.3 Å². The number of hydrogen-bond acceptors (Lipinski definition) is 3. The normalized spacial score (nSPS) is 22.1. The molecule has 2 N–H and O–H groups in total. The Morgan fingerprint density at radius 2 is 2.55 bits per heavy atom. The maximum Gasteiger partial charge on any atom is 0.304 e. The van der Waals surface area contributed by atoms with E-state index < -0.39 is 0 Å². The number of nitrogens with one attached hydrogen (secondary N) is 2. The summed E-state index contributed by atoms with van der Waals surface area (Å²) in [5.74, 6) is 0. The maximum absolute atomic E-state index is 10.9. The second-order valence-electron chi connectivity index (χ2n) is 2.73. The van der Waals surface area contributed by atoms with Gasteiger partial charge in [-0.3, -0.25) is 4.79 Å². The van der Waals surface area contributed by atoms with E-state index in [1.54, 1.807) is 0 Å². The molecular formula is C7H10N2OS. The van der Waals surface area contributed by atoms with Gasteiger partial charge in [0.25, 0.3) is 0 Å². The zero-order valence-electron chi connectivity index (χ0n) is 6.31. The summed E-state index contributed by atoms with van der Waals surface area (Å²) >= 11 is 1.34. The van der Waals surface area contributed by atoms with Gasteiger partial charge < -0.3 is 10.3 Å². The molecule has 0 spiro atoms. The van der Waals surface area contributed by atoms with Gasteiger partial charge >= 0.3 is 4.87 Å². The second-order valence-corrected chi connectivity index (χ2v) is 3.80. The van der Waals surface area contributed by atoms with E-state index in [0.29, 0.717) is 6.04 Å². The minimum atomic E-state index is 0.0787. The number of aromatic amines is 1. The molecule has 1 aliphatic rings. The summed E-state index contributed by atoms with van der Waals surface area (Å²) < 4.78 is 0. The quantitative estimate of drug-likeness (QED) is 0.649. The van der Waals surface area contributed by atoms with Crippen molar-refractivity contribution in [1.82, 2.24) is 10.3 Å². The Balaban J connectivity index is 2.45. The molecule has 2 rings (SSSR count). The van der Waals surface area contributed by atoms with Crippen molar-refractivity contribution >= 4 is 11.3 Å². The van der Waals surface area contributed by atoms with Crippen LogP contribution in [0.5, 0.6) is 0 Å². The summed E-state index contributed by atoms with van der Waals surface area (Å²) in [5.41, 5.74) is 1.11. The van der Waals surface area contributed by atoms with Crippen LogP contribution in [-0.2, 0) is 6.42 Å². The van der Waals surface area contributed by atoms with Crippen LogP contribution in [-0.4, -0.2) is 12.0 Å². The molecule has 0 aromatic carbocycles. The molecule has 0 aliphatic heterocycles. The van der Waals surface area contributed by atoms with Crippen molar-refractivity contribution in [3.8, 4) is 0 Å². The van der Waals surface area contributed by atoms with Crippen LogP contribution in [0.1, 0.15) is 23.0 Å². The highest BCUT2D eigenvalue weighted by Gasteiger charge is 2.23. The van der Waals surface area contributed by atoms with Gasteiger partial charge in [0, 0.05) is 16.6 Å². The first kappa shape index (κ1) is 7.06. The Hall–Kier alpha value is -0.610. The summed E-state index contributed by atoms with van der Waals surface area (Å²) in [5, 5.41) is 3.17. The Morgan fingerprint density at radius 1 is 1.73 bits per heavy atom. The van der Waals surface area contributed by atoms with E-state index in [0.717, 1.165) is 18.5 Å². The van der Waals surface area contributed by atoms with Crippen LogP contribution >= 0.6 is 11.3 Å².